The first-order chi connectivity index (χ1) is 14.5. The molecule has 1 saturated heterocycles. The highest BCUT2D eigenvalue weighted by Crippen LogP contribution is 2.27. The molecule has 2 aromatic heterocycles. The number of carbonyl (C=O) groups is 2. The van der Waals surface area contributed by atoms with E-state index in [1.807, 2.05) is 24.3 Å². The number of hydrogen-bond acceptors (Lipinski definition) is 5. The van der Waals surface area contributed by atoms with Crippen molar-refractivity contribution in [2.24, 2.45) is 0 Å². The molecule has 2 amide bonds. The Morgan fingerprint density at radius 2 is 2.10 bits per heavy atom. The van der Waals surface area contributed by atoms with Gasteiger partial charge in [-0.15, -0.1) is 0 Å². The average Bonchev–Trinajstić information content (AvgIpc) is 3.35. The lowest BCUT2D eigenvalue weighted by atomic mass is 10.1. The molecule has 152 valence electrons. The Labute approximate surface area is 178 Å². The Balaban J connectivity index is 1.50. The van der Waals surface area contributed by atoms with Gasteiger partial charge in [-0.1, -0.05) is 23.7 Å². The topological polar surface area (TPSA) is 88.4 Å². The first kappa shape index (κ1) is 18.8. The molecule has 2 N–H and O–H groups in total. The van der Waals surface area contributed by atoms with E-state index in [9.17, 15) is 9.59 Å². The van der Waals surface area contributed by atoms with Crippen LogP contribution in [0.4, 0.5) is 5.82 Å². The predicted molar refractivity (Wildman–Crippen MR) is 114 cm³/mol. The number of benzene rings is 1. The normalized spacial score (nSPS) is 17.7. The Morgan fingerprint density at radius 1 is 1.23 bits per heavy atom. The molecule has 1 aliphatic carbocycles. The maximum absolute atomic E-state index is 12.0. The molecule has 30 heavy (non-hydrogen) atoms. The first-order valence-electron chi connectivity index (χ1n) is 9.98. The molecule has 8 heteroatoms. The number of rotatable bonds is 6. The third kappa shape index (κ3) is 3.93. The smallest absolute Gasteiger partial charge is 0.254 e. The summed E-state index contributed by atoms with van der Waals surface area (Å²) in [6.45, 7) is 0. The number of imide groups is 1. The van der Waals surface area contributed by atoms with E-state index in [2.05, 4.69) is 21.8 Å². The number of hydrogen-bond donors (Lipinski definition) is 2. The number of aromatic nitrogens is 3. The minimum absolute atomic E-state index is 0.0812. The summed E-state index contributed by atoms with van der Waals surface area (Å²) in [7, 11) is 0. The van der Waals surface area contributed by atoms with Gasteiger partial charge in [0.15, 0.2) is 5.65 Å². The summed E-state index contributed by atoms with van der Waals surface area (Å²) in [5.41, 5.74) is 3.90. The molecule has 3 aromatic rings. The molecule has 3 heterocycles. The Morgan fingerprint density at radius 3 is 2.83 bits per heavy atom. The lowest BCUT2D eigenvalue weighted by molar-refractivity contribution is -0.124. The van der Waals surface area contributed by atoms with E-state index in [1.165, 1.54) is 0 Å². The van der Waals surface area contributed by atoms with Gasteiger partial charge in [-0.3, -0.25) is 14.9 Å². The number of aryl methyl sites for hydroxylation is 2. The molecule has 2 aliphatic rings. The second-order valence-corrected chi connectivity index (χ2v) is 8.18. The van der Waals surface area contributed by atoms with Gasteiger partial charge in [-0.05, 0) is 49.5 Å². The van der Waals surface area contributed by atoms with Crippen LogP contribution >= 0.6 is 11.6 Å². The zero-order valence-corrected chi connectivity index (χ0v) is 16.9. The predicted octanol–water partition coefficient (Wildman–Crippen LogP) is 3.17. The van der Waals surface area contributed by atoms with Crippen LogP contribution in [0.25, 0.3) is 11.7 Å². The Kier molecular flexibility index (Phi) is 4.75. The molecule has 1 aromatic carbocycles. The van der Waals surface area contributed by atoms with Crippen LogP contribution in [-0.4, -0.2) is 32.5 Å². The number of nitrogens with one attached hydrogen (secondary N) is 2. The van der Waals surface area contributed by atoms with Crippen molar-refractivity contribution in [3.05, 3.63) is 63.9 Å². The van der Waals surface area contributed by atoms with Crippen molar-refractivity contribution in [3.8, 4) is 0 Å². The van der Waals surface area contributed by atoms with Crippen molar-refractivity contribution in [1.82, 2.24) is 19.9 Å². The highest BCUT2D eigenvalue weighted by Gasteiger charge is 2.25. The average molecular weight is 422 g/mol. The van der Waals surface area contributed by atoms with E-state index in [-0.39, 0.29) is 18.2 Å². The number of carbonyl (C=O) groups excluding carboxylic acids is 2. The highest BCUT2D eigenvalue weighted by atomic mass is 35.5. The molecule has 0 radical (unpaired) electrons. The molecule has 2 fully saturated rings. The van der Waals surface area contributed by atoms with Gasteiger partial charge in [0.05, 0.1) is 12.6 Å². The van der Waals surface area contributed by atoms with E-state index in [0.717, 1.165) is 53.3 Å². The van der Waals surface area contributed by atoms with Crippen LogP contribution in [0.15, 0.2) is 42.1 Å². The zero-order chi connectivity index (χ0) is 20.7. The van der Waals surface area contributed by atoms with E-state index in [0.29, 0.717) is 17.3 Å². The van der Waals surface area contributed by atoms with Crippen molar-refractivity contribution >= 4 is 41.0 Å². The number of nitrogens with zero attached hydrogens (tertiary/aromatic N) is 3. The van der Waals surface area contributed by atoms with Crippen LogP contribution in [0.1, 0.15) is 36.1 Å². The van der Waals surface area contributed by atoms with Crippen LogP contribution in [0.3, 0.4) is 0 Å². The fraction of sp³-hybridized carbons (Fsp3) is 0.273. The summed E-state index contributed by atoms with van der Waals surface area (Å²) in [6.07, 6.45) is 7.31. The Bertz CT molecular complexity index is 1200. The summed E-state index contributed by atoms with van der Waals surface area (Å²) in [5, 5.41) is 11.0. The van der Waals surface area contributed by atoms with Crippen molar-refractivity contribution in [2.75, 3.05) is 5.32 Å². The Hall–Kier alpha value is -3.19. The van der Waals surface area contributed by atoms with Gasteiger partial charge in [0.25, 0.3) is 5.91 Å². The molecule has 7 nitrogen and oxygen atoms in total. The van der Waals surface area contributed by atoms with Gasteiger partial charge in [0.1, 0.15) is 5.82 Å². The number of anilines is 1. The van der Waals surface area contributed by atoms with Crippen LogP contribution in [0.5, 0.6) is 0 Å². The molecule has 0 atom stereocenters. The van der Waals surface area contributed by atoms with Gasteiger partial charge < -0.3 is 5.32 Å². The molecular weight excluding hydrogens is 402 g/mol. The summed E-state index contributed by atoms with van der Waals surface area (Å²) in [4.78, 5) is 28.3. The SMILES string of the molecule is O=C1C/C(=C\c2cnn3c(NC4CC4)cc(CCc4cccc(Cl)c4)nc23)C(=O)N1. The lowest BCUT2D eigenvalue weighted by Crippen LogP contribution is -2.19. The first-order valence-corrected chi connectivity index (χ1v) is 10.4. The number of fused-ring (bicyclic) bond motifs is 1. The van der Waals surface area contributed by atoms with E-state index >= 15 is 0 Å². The molecular formula is C22H20ClN5O2. The quantitative estimate of drug-likeness (QED) is 0.471. The second kappa shape index (κ2) is 7.57. The number of amides is 2. The fourth-order valence-electron chi connectivity index (χ4n) is 3.57. The minimum atomic E-state index is -0.354. The van der Waals surface area contributed by atoms with Gasteiger partial charge in [0.2, 0.25) is 5.91 Å². The largest absolute Gasteiger partial charge is 0.367 e. The zero-order valence-electron chi connectivity index (χ0n) is 16.2. The fourth-order valence-corrected chi connectivity index (χ4v) is 3.79. The molecule has 0 unspecified atom stereocenters. The summed E-state index contributed by atoms with van der Waals surface area (Å²) in [6, 6.07) is 10.3. The third-order valence-electron chi connectivity index (χ3n) is 5.27. The minimum Gasteiger partial charge on any atom is -0.367 e. The van der Waals surface area contributed by atoms with Crippen LogP contribution in [0, 0.1) is 0 Å². The maximum atomic E-state index is 12.0. The molecule has 5 rings (SSSR count). The van der Waals surface area contributed by atoms with E-state index < -0.39 is 0 Å². The summed E-state index contributed by atoms with van der Waals surface area (Å²) in [5.74, 6) is 0.252. The van der Waals surface area contributed by atoms with Gasteiger partial charge in [-0.25, -0.2) is 4.98 Å². The van der Waals surface area contributed by atoms with E-state index in [1.54, 1.807) is 16.8 Å². The number of halogens is 1. The van der Waals surface area contributed by atoms with Gasteiger partial charge >= 0.3 is 0 Å². The lowest BCUT2D eigenvalue weighted by Gasteiger charge is -2.10. The molecule has 1 aliphatic heterocycles. The van der Waals surface area contributed by atoms with Crippen LogP contribution in [0.2, 0.25) is 5.02 Å². The molecule has 0 spiro atoms. The van der Waals surface area contributed by atoms with Crippen molar-refractivity contribution in [1.29, 1.82) is 0 Å². The summed E-state index contributed by atoms with van der Waals surface area (Å²) < 4.78 is 1.77. The standard InChI is InChI=1S/C22H20ClN5O2/c23-16-3-1-2-13(8-16)4-5-18-11-19(25-17-6-7-17)28-21(26-18)15(12-24-28)9-14-10-20(29)27-22(14)30/h1-3,8-9,11-12,17,25H,4-7,10H2,(H,27,29,30)/b14-9+. The van der Waals surface area contributed by atoms with Crippen molar-refractivity contribution in [2.45, 2.75) is 38.1 Å². The van der Waals surface area contributed by atoms with E-state index in [4.69, 9.17) is 16.6 Å². The van der Waals surface area contributed by atoms with Crippen molar-refractivity contribution in [3.63, 3.8) is 0 Å². The van der Waals surface area contributed by atoms with Gasteiger partial charge in [0, 0.05) is 34.0 Å². The van der Waals surface area contributed by atoms with Crippen LogP contribution < -0.4 is 10.6 Å². The molecule has 0 bridgehead atoms. The second-order valence-electron chi connectivity index (χ2n) is 7.74. The third-order valence-corrected chi connectivity index (χ3v) is 5.50. The highest BCUT2D eigenvalue weighted by molar-refractivity contribution is 6.30. The monoisotopic (exact) mass is 421 g/mol. The van der Waals surface area contributed by atoms with Crippen LogP contribution in [-0.2, 0) is 22.4 Å². The summed E-state index contributed by atoms with van der Waals surface area (Å²) >= 11 is 6.10. The van der Waals surface area contributed by atoms with Gasteiger partial charge in [-0.2, -0.15) is 9.61 Å². The van der Waals surface area contributed by atoms with Crippen molar-refractivity contribution < 1.29 is 9.59 Å². The molecule has 1 saturated carbocycles. The maximum Gasteiger partial charge on any atom is 0.254 e.